The van der Waals surface area contributed by atoms with Gasteiger partial charge in [-0.15, -0.1) is 26.4 Å². The number of rotatable bonds is 24. The van der Waals surface area contributed by atoms with Crippen LogP contribution in [-0.2, 0) is 21.7 Å². The van der Waals surface area contributed by atoms with Crippen molar-refractivity contribution in [1.82, 2.24) is 0 Å². The second-order valence-electron chi connectivity index (χ2n) is 9.89. The van der Waals surface area contributed by atoms with E-state index >= 15 is 0 Å². The van der Waals surface area contributed by atoms with Crippen molar-refractivity contribution in [3.05, 3.63) is 0 Å². The zero-order valence-corrected chi connectivity index (χ0v) is 27.5. The van der Waals surface area contributed by atoms with Gasteiger partial charge in [0.2, 0.25) is 0 Å². The van der Waals surface area contributed by atoms with Crippen LogP contribution in [-0.4, -0.2) is 26.4 Å². The summed E-state index contributed by atoms with van der Waals surface area (Å²) >= 11 is 0. The van der Waals surface area contributed by atoms with Gasteiger partial charge in [0.25, 0.3) is 0 Å². The second-order valence-corrected chi connectivity index (χ2v) is 9.89. The van der Waals surface area contributed by atoms with E-state index in [4.69, 9.17) is 0 Å². The molecule has 0 unspecified atom stereocenters. The molecule has 4 nitrogen and oxygen atoms in total. The molecule has 0 amide bonds. The van der Waals surface area contributed by atoms with E-state index in [1.54, 1.807) is 0 Å². The van der Waals surface area contributed by atoms with Crippen LogP contribution in [0.5, 0.6) is 0 Å². The molecule has 0 fully saturated rings. The minimum Gasteiger partial charge on any atom is -0.854 e. The molecule has 0 N–H and O–H groups in total. The fourth-order valence-corrected chi connectivity index (χ4v) is 3.53. The average molecular weight is 565 g/mol. The minimum absolute atomic E-state index is 0. The molecule has 5 heteroatoms. The monoisotopic (exact) mass is 564 g/mol. The van der Waals surface area contributed by atoms with Crippen LogP contribution >= 0.6 is 0 Å². The van der Waals surface area contributed by atoms with Gasteiger partial charge in [-0.3, -0.25) is 0 Å². The first-order chi connectivity index (χ1) is 17.7. The first kappa shape index (κ1) is 47.3. The van der Waals surface area contributed by atoms with Crippen molar-refractivity contribution in [2.75, 3.05) is 26.4 Å². The molecule has 0 heterocycles. The molecule has 0 radical (unpaired) electrons. The van der Waals surface area contributed by atoms with Crippen molar-refractivity contribution in [1.29, 1.82) is 0 Å². The number of unbranched alkanes of at least 4 members (excludes halogenated alkanes) is 20. The van der Waals surface area contributed by atoms with E-state index in [0.717, 1.165) is 51.4 Å². The fraction of sp³-hybridized carbons (Fsp3) is 1.00. The van der Waals surface area contributed by atoms with Gasteiger partial charge < -0.3 is 20.4 Å². The summed E-state index contributed by atoms with van der Waals surface area (Å²) in [7, 11) is 0. The van der Waals surface area contributed by atoms with Crippen molar-refractivity contribution in [3.8, 4) is 0 Å². The summed E-state index contributed by atoms with van der Waals surface area (Å²) in [6.45, 7) is 9.28. The molecular weight excluding hydrogens is 496 g/mol. The Bertz CT molecular complexity index is 214. The van der Waals surface area contributed by atoms with E-state index in [-0.39, 0.29) is 48.1 Å². The summed E-state index contributed by atoms with van der Waals surface area (Å²) in [5.41, 5.74) is 0. The largest absolute Gasteiger partial charge is 4.00 e. The van der Waals surface area contributed by atoms with Crippen LogP contribution in [0.3, 0.4) is 0 Å². The number of hydrogen-bond donors (Lipinski definition) is 0. The van der Waals surface area contributed by atoms with Gasteiger partial charge >= 0.3 is 21.7 Å². The molecular formula is C32H68O4Ti. The zero-order chi connectivity index (χ0) is 27.8. The minimum atomic E-state index is 0. The Morgan fingerprint density at radius 1 is 0.243 bits per heavy atom. The van der Waals surface area contributed by atoms with Crippen molar-refractivity contribution in [2.24, 2.45) is 0 Å². The normalized spacial score (nSPS) is 9.73. The van der Waals surface area contributed by atoms with E-state index < -0.39 is 0 Å². The Hall–Kier alpha value is 0.554. The van der Waals surface area contributed by atoms with Gasteiger partial charge in [0.05, 0.1) is 0 Å². The zero-order valence-electron chi connectivity index (χ0n) is 25.9. The third-order valence-corrected chi connectivity index (χ3v) is 5.99. The van der Waals surface area contributed by atoms with Gasteiger partial charge in [-0.2, -0.15) is 0 Å². The van der Waals surface area contributed by atoms with Crippen LogP contribution in [0.15, 0.2) is 0 Å². The van der Waals surface area contributed by atoms with Gasteiger partial charge in [-0.1, -0.05) is 182 Å². The van der Waals surface area contributed by atoms with Crippen LogP contribution in [0.1, 0.15) is 182 Å². The van der Waals surface area contributed by atoms with Crippen molar-refractivity contribution in [2.45, 2.75) is 182 Å². The van der Waals surface area contributed by atoms with Gasteiger partial charge in [0.15, 0.2) is 0 Å². The van der Waals surface area contributed by atoms with E-state index in [9.17, 15) is 20.4 Å². The SMILES string of the molecule is CCCCCCCC[O-].CCCCCCCC[O-].CCCCCCCC[O-].CCCCCCCC[O-].[Ti+4]. The molecule has 0 aromatic carbocycles. The molecule has 224 valence electrons. The summed E-state index contributed by atoms with van der Waals surface area (Å²) in [5, 5.41) is 39.9. The van der Waals surface area contributed by atoms with Crippen LogP contribution in [0, 0.1) is 0 Å². The molecule has 0 atom stereocenters. The second kappa shape index (κ2) is 56.7. The molecule has 0 aliphatic heterocycles. The van der Waals surface area contributed by atoms with Gasteiger partial charge in [-0.25, -0.2) is 0 Å². The van der Waals surface area contributed by atoms with E-state index in [2.05, 4.69) is 27.7 Å². The maximum atomic E-state index is 9.96. The summed E-state index contributed by atoms with van der Waals surface area (Å²) in [4.78, 5) is 0. The van der Waals surface area contributed by atoms with E-state index in [1.807, 2.05) is 0 Å². The van der Waals surface area contributed by atoms with Crippen LogP contribution in [0.25, 0.3) is 0 Å². The van der Waals surface area contributed by atoms with Crippen LogP contribution < -0.4 is 20.4 Å². The third-order valence-electron chi connectivity index (χ3n) is 5.99. The molecule has 0 rings (SSSR count). The fourth-order valence-electron chi connectivity index (χ4n) is 3.53. The quantitative estimate of drug-likeness (QED) is 0.0949. The molecule has 0 saturated heterocycles. The smallest absolute Gasteiger partial charge is 0.854 e. The number of hydrogen-bond acceptors (Lipinski definition) is 4. The molecule has 0 aliphatic carbocycles. The van der Waals surface area contributed by atoms with Gasteiger partial charge in [-0.05, 0) is 0 Å². The maximum absolute atomic E-state index is 9.96. The Balaban J connectivity index is -0.000000122. The van der Waals surface area contributed by atoms with E-state index in [1.165, 1.54) is 103 Å². The topological polar surface area (TPSA) is 92.2 Å². The Morgan fingerprint density at radius 3 is 0.514 bits per heavy atom. The van der Waals surface area contributed by atoms with Crippen molar-refractivity contribution >= 4 is 0 Å². The molecule has 0 aliphatic rings. The van der Waals surface area contributed by atoms with E-state index in [0.29, 0.717) is 0 Å². The maximum Gasteiger partial charge on any atom is 4.00 e. The summed E-state index contributed by atoms with van der Waals surface area (Å²) in [6, 6.07) is 0. The summed E-state index contributed by atoms with van der Waals surface area (Å²) in [6.07, 6.45) is 28.9. The Labute approximate surface area is 249 Å². The predicted molar refractivity (Wildman–Crippen MR) is 153 cm³/mol. The Kier molecular flexibility index (Phi) is 72.5. The molecule has 0 spiro atoms. The Morgan fingerprint density at radius 2 is 0.378 bits per heavy atom. The van der Waals surface area contributed by atoms with Crippen molar-refractivity contribution < 1.29 is 42.1 Å². The van der Waals surface area contributed by atoms with Gasteiger partial charge in [0, 0.05) is 0 Å². The molecule has 0 bridgehead atoms. The van der Waals surface area contributed by atoms with Crippen molar-refractivity contribution in [3.63, 3.8) is 0 Å². The first-order valence-electron chi connectivity index (χ1n) is 16.0. The van der Waals surface area contributed by atoms with Crippen LogP contribution in [0.2, 0.25) is 0 Å². The molecule has 0 aromatic rings. The molecule has 0 aromatic heterocycles. The standard InChI is InChI=1S/4C8H17O.Ti/c4*1-2-3-4-5-6-7-8-9;/h4*2-8H2,1H3;/q4*-1;+4. The molecule has 0 saturated carbocycles. The summed E-state index contributed by atoms with van der Waals surface area (Å²) in [5.74, 6) is 0. The third kappa shape index (κ3) is 72.4. The van der Waals surface area contributed by atoms with Crippen LogP contribution in [0.4, 0.5) is 0 Å². The average Bonchev–Trinajstić information content (AvgIpc) is 2.90. The predicted octanol–water partition coefficient (Wildman–Crippen LogP) is 6.83. The first-order valence-corrected chi connectivity index (χ1v) is 16.0. The summed E-state index contributed by atoms with van der Waals surface area (Å²) < 4.78 is 0. The molecule has 37 heavy (non-hydrogen) atoms. The van der Waals surface area contributed by atoms with Gasteiger partial charge in [0.1, 0.15) is 0 Å².